The molecule has 0 radical (unpaired) electrons. The van der Waals surface area contributed by atoms with Gasteiger partial charge in [-0.05, 0) is 32.2 Å². The molecule has 7 heteroatoms. The lowest BCUT2D eigenvalue weighted by atomic mass is 9.70. The molecule has 0 aromatic carbocycles. The van der Waals surface area contributed by atoms with E-state index in [0.717, 1.165) is 6.42 Å². The molecule has 0 fully saturated rings. The molecule has 2 atom stereocenters. The number of hydrogen-bond donors (Lipinski definition) is 2. The first-order valence-corrected chi connectivity index (χ1v) is 6.15. The minimum atomic E-state index is -5.04. The smallest absolute Gasteiger partial charge is 0.437 e. The number of halogens is 3. The first kappa shape index (κ1) is 18.2. The van der Waals surface area contributed by atoms with E-state index in [9.17, 15) is 18.0 Å². The molecule has 4 nitrogen and oxygen atoms in total. The number of esters is 1. The van der Waals surface area contributed by atoms with E-state index < -0.39 is 23.3 Å². The molecule has 0 heterocycles. The highest BCUT2D eigenvalue weighted by atomic mass is 19.4. The van der Waals surface area contributed by atoms with E-state index in [1.807, 2.05) is 6.92 Å². The molecule has 0 saturated heterocycles. The molecule has 0 aromatic rings. The summed E-state index contributed by atoms with van der Waals surface area (Å²) in [5, 5.41) is 0. The number of carbonyl (C=O) groups excluding carboxylic acids is 1. The summed E-state index contributed by atoms with van der Waals surface area (Å²) in [4.78, 5) is 10.9. The number of carbonyl (C=O) groups is 1. The minimum absolute atomic E-state index is 0.0490. The van der Waals surface area contributed by atoms with Crippen molar-refractivity contribution in [2.75, 3.05) is 6.54 Å². The van der Waals surface area contributed by atoms with Crippen LogP contribution in [0.15, 0.2) is 0 Å². The zero-order valence-electron chi connectivity index (χ0n) is 11.8. The Bertz CT molecular complexity index is 315. The third kappa shape index (κ3) is 4.65. The number of hydrogen-bond acceptors (Lipinski definition) is 4. The summed E-state index contributed by atoms with van der Waals surface area (Å²) in [6.07, 6.45) is -3.62. The zero-order valence-corrected chi connectivity index (χ0v) is 11.8. The van der Waals surface area contributed by atoms with Crippen LogP contribution < -0.4 is 11.5 Å². The van der Waals surface area contributed by atoms with Crippen LogP contribution in [0.3, 0.4) is 0 Å². The van der Waals surface area contributed by atoms with Crippen LogP contribution in [-0.4, -0.2) is 24.4 Å². The summed E-state index contributed by atoms with van der Waals surface area (Å²) in [6.45, 7) is 6.98. The molecule has 4 N–H and O–H groups in total. The minimum Gasteiger partial charge on any atom is -0.437 e. The van der Waals surface area contributed by atoms with Gasteiger partial charge in [0.2, 0.25) is 0 Å². The fourth-order valence-electron chi connectivity index (χ4n) is 1.66. The molecule has 0 amide bonds. The van der Waals surface area contributed by atoms with Crippen molar-refractivity contribution in [3.63, 3.8) is 0 Å². The van der Waals surface area contributed by atoms with Gasteiger partial charge < -0.3 is 10.5 Å². The van der Waals surface area contributed by atoms with E-state index in [-0.39, 0.29) is 5.92 Å². The second-order valence-electron chi connectivity index (χ2n) is 5.55. The third-order valence-corrected chi connectivity index (χ3v) is 3.89. The van der Waals surface area contributed by atoms with Gasteiger partial charge in [-0.3, -0.25) is 5.73 Å². The van der Waals surface area contributed by atoms with Crippen LogP contribution in [0.25, 0.3) is 0 Å². The summed E-state index contributed by atoms with van der Waals surface area (Å²) >= 11 is 0. The summed E-state index contributed by atoms with van der Waals surface area (Å²) in [6, 6.07) is 0. The van der Waals surface area contributed by atoms with Crippen molar-refractivity contribution in [3.05, 3.63) is 0 Å². The lowest BCUT2D eigenvalue weighted by Crippen LogP contribution is -2.57. The van der Waals surface area contributed by atoms with Crippen molar-refractivity contribution in [2.45, 2.75) is 52.4 Å². The second kappa shape index (κ2) is 6.09. The Kier molecular flexibility index (Phi) is 5.83. The van der Waals surface area contributed by atoms with Crippen molar-refractivity contribution in [2.24, 2.45) is 22.8 Å². The Morgan fingerprint density at radius 1 is 1.26 bits per heavy atom. The molecular weight excluding hydrogens is 261 g/mol. The Morgan fingerprint density at radius 3 is 2.11 bits per heavy atom. The summed E-state index contributed by atoms with van der Waals surface area (Å²) < 4.78 is 41.1. The normalized spacial score (nSPS) is 17.7. The van der Waals surface area contributed by atoms with Gasteiger partial charge in [-0.15, -0.1) is 0 Å². The molecule has 19 heavy (non-hydrogen) atoms. The van der Waals surface area contributed by atoms with E-state index >= 15 is 0 Å². The van der Waals surface area contributed by atoms with E-state index in [0.29, 0.717) is 13.0 Å². The maximum atomic E-state index is 12.2. The molecule has 0 aliphatic carbocycles. The summed E-state index contributed by atoms with van der Waals surface area (Å²) in [5.74, 6) is -2.32. The quantitative estimate of drug-likeness (QED) is 0.579. The van der Waals surface area contributed by atoms with Crippen molar-refractivity contribution < 1.29 is 22.7 Å². The van der Waals surface area contributed by atoms with Gasteiger partial charge >= 0.3 is 12.1 Å². The van der Waals surface area contributed by atoms with Crippen LogP contribution in [0.5, 0.6) is 0 Å². The molecule has 114 valence electrons. The van der Waals surface area contributed by atoms with Crippen LogP contribution >= 0.6 is 0 Å². The summed E-state index contributed by atoms with van der Waals surface area (Å²) in [7, 11) is 0. The average molecular weight is 284 g/mol. The van der Waals surface area contributed by atoms with Gasteiger partial charge in [0.15, 0.2) is 5.72 Å². The van der Waals surface area contributed by atoms with Gasteiger partial charge in [0.25, 0.3) is 0 Å². The Labute approximate surface area is 111 Å². The van der Waals surface area contributed by atoms with Crippen LogP contribution in [0, 0.1) is 11.3 Å². The molecule has 0 saturated carbocycles. The standard InChI is InChI=1S/C12H23F3N2O2/c1-8(6-5-7-16)10(2,3)11(4,17)19-9(18)12(13,14)15/h8H,5-7,16-17H2,1-4H3. The fourth-order valence-corrected chi connectivity index (χ4v) is 1.66. The molecular formula is C12H23F3N2O2. The lowest BCUT2D eigenvalue weighted by Gasteiger charge is -2.44. The number of ether oxygens (including phenoxy) is 1. The summed E-state index contributed by atoms with van der Waals surface area (Å²) in [5.41, 5.74) is 8.66. The molecule has 0 bridgehead atoms. The number of alkyl halides is 3. The SMILES string of the molecule is CC(CCCN)C(C)(C)C(C)(N)OC(=O)C(F)(F)F. The Morgan fingerprint density at radius 2 is 1.74 bits per heavy atom. The highest BCUT2D eigenvalue weighted by Crippen LogP contribution is 2.40. The van der Waals surface area contributed by atoms with Gasteiger partial charge in [-0.25, -0.2) is 4.79 Å². The van der Waals surface area contributed by atoms with Gasteiger partial charge in [-0.2, -0.15) is 13.2 Å². The molecule has 0 spiro atoms. The number of nitrogens with two attached hydrogens (primary N) is 2. The van der Waals surface area contributed by atoms with Crippen LogP contribution in [0.4, 0.5) is 13.2 Å². The van der Waals surface area contributed by atoms with E-state index in [1.54, 1.807) is 13.8 Å². The zero-order chi connectivity index (χ0) is 15.5. The molecule has 0 rings (SSSR count). The van der Waals surface area contributed by atoms with Crippen molar-refractivity contribution in [1.29, 1.82) is 0 Å². The van der Waals surface area contributed by atoms with Crippen molar-refractivity contribution in [1.82, 2.24) is 0 Å². The Hall–Kier alpha value is -0.820. The van der Waals surface area contributed by atoms with E-state index in [4.69, 9.17) is 11.5 Å². The van der Waals surface area contributed by atoms with Crippen LogP contribution in [-0.2, 0) is 9.53 Å². The average Bonchev–Trinajstić information content (AvgIpc) is 2.23. The van der Waals surface area contributed by atoms with Crippen molar-refractivity contribution >= 4 is 5.97 Å². The highest BCUT2D eigenvalue weighted by molar-refractivity contribution is 5.76. The molecule has 0 aromatic heterocycles. The molecule has 0 aliphatic heterocycles. The third-order valence-electron chi connectivity index (χ3n) is 3.89. The second-order valence-corrected chi connectivity index (χ2v) is 5.55. The fraction of sp³-hybridized carbons (Fsp3) is 0.917. The predicted molar refractivity (Wildman–Crippen MR) is 66.0 cm³/mol. The van der Waals surface area contributed by atoms with Gasteiger partial charge in [0, 0.05) is 5.41 Å². The molecule has 0 aliphatic rings. The lowest BCUT2D eigenvalue weighted by molar-refractivity contribution is -0.224. The predicted octanol–water partition coefficient (Wildman–Crippen LogP) is 2.17. The maximum Gasteiger partial charge on any atom is 0.490 e. The van der Waals surface area contributed by atoms with Crippen LogP contribution in [0.2, 0.25) is 0 Å². The van der Waals surface area contributed by atoms with Gasteiger partial charge in [0.1, 0.15) is 0 Å². The first-order valence-electron chi connectivity index (χ1n) is 6.15. The Balaban J connectivity index is 4.91. The molecule has 2 unspecified atom stereocenters. The van der Waals surface area contributed by atoms with Gasteiger partial charge in [0.05, 0.1) is 0 Å². The van der Waals surface area contributed by atoms with Crippen LogP contribution in [0.1, 0.15) is 40.5 Å². The topological polar surface area (TPSA) is 78.3 Å². The highest BCUT2D eigenvalue weighted by Gasteiger charge is 2.50. The van der Waals surface area contributed by atoms with Crippen molar-refractivity contribution in [3.8, 4) is 0 Å². The maximum absolute atomic E-state index is 12.2. The monoisotopic (exact) mass is 284 g/mol. The number of rotatable bonds is 6. The largest absolute Gasteiger partial charge is 0.490 e. The van der Waals surface area contributed by atoms with Gasteiger partial charge in [-0.1, -0.05) is 20.8 Å². The van der Waals surface area contributed by atoms with E-state index in [1.165, 1.54) is 6.92 Å². The first-order chi connectivity index (χ1) is 8.36. The van der Waals surface area contributed by atoms with E-state index in [2.05, 4.69) is 4.74 Å².